The van der Waals surface area contributed by atoms with Gasteiger partial charge >= 0.3 is 17.6 Å². The van der Waals surface area contributed by atoms with E-state index in [9.17, 15) is 32.8 Å². The van der Waals surface area contributed by atoms with E-state index in [4.69, 9.17) is 10.2 Å². The Labute approximate surface area is 198 Å². The van der Waals surface area contributed by atoms with Gasteiger partial charge in [-0.25, -0.2) is 9.59 Å². The smallest absolute Gasteiger partial charge is 0.409 e. The molecule has 5 rings (SSSR count). The average molecular weight is 501 g/mol. The fraction of sp³-hybridized carbons (Fsp3) is 0.217. The highest BCUT2D eigenvalue weighted by Crippen LogP contribution is 2.41. The molecule has 0 radical (unpaired) electrons. The predicted molar refractivity (Wildman–Crippen MR) is 122 cm³/mol. The molecule has 1 aliphatic carbocycles. The molecule has 13 heteroatoms. The molecule has 1 aliphatic rings. The molecule has 10 nitrogen and oxygen atoms in total. The van der Waals surface area contributed by atoms with Crippen LogP contribution in [-0.2, 0) is 19.6 Å². The number of alkyl halides is 3. The van der Waals surface area contributed by atoms with Crippen LogP contribution in [0.5, 0.6) is 0 Å². The van der Waals surface area contributed by atoms with Crippen LogP contribution in [0, 0.1) is 0 Å². The third kappa shape index (κ3) is 3.42. The Kier molecular flexibility index (Phi) is 5.16. The van der Waals surface area contributed by atoms with Gasteiger partial charge < -0.3 is 15.4 Å². The third-order valence-electron chi connectivity index (χ3n) is 6.41. The number of hydrogen-bond acceptors (Lipinski definition) is 6. The second kappa shape index (κ2) is 8.00. The van der Waals surface area contributed by atoms with E-state index in [0.29, 0.717) is 5.52 Å². The lowest BCUT2D eigenvalue weighted by Gasteiger charge is -2.19. The first kappa shape index (κ1) is 23.2. The molecular formula is C23H18F3N5O5. The zero-order chi connectivity index (χ0) is 25.9. The van der Waals surface area contributed by atoms with E-state index < -0.39 is 40.6 Å². The number of aryl methyl sites for hydroxylation is 1. The Bertz CT molecular complexity index is 1740. The highest BCUT2D eigenvalue weighted by molar-refractivity contribution is 5.96. The highest BCUT2D eigenvalue weighted by atomic mass is 19.4. The van der Waals surface area contributed by atoms with Gasteiger partial charge in [0, 0.05) is 19.3 Å². The van der Waals surface area contributed by atoms with Crippen molar-refractivity contribution in [2.75, 3.05) is 0 Å². The first-order valence-corrected chi connectivity index (χ1v) is 10.7. The van der Waals surface area contributed by atoms with Crippen LogP contribution in [0.3, 0.4) is 0 Å². The lowest BCUT2D eigenvalue weighted by atomic mass is 10.0. The van der Waals surface area contributed by atoms with Crippen LogP contribution in [0.15, 0.2) is 66.6 Å². The Morgan fingerprint density at radius 3 is 2.64 bits per heavy atom. The number of benzene rings is 2. The van der Waals surface area contributed by atoms with Crippen molar-refractivity contribution < 1.29 is 22.8 Å². The number of aromatic nitrogens is 3. The van der Waals surface area contributed by atoms with Gasteiger partial charge in [0.1, 0.15) is 5.56 Å². The molecule has 0 spiro atoms. The van der Waals surface area contributed by atoms with Gasteiger partial charge in [-0.3, -0.25) is 18.5 Å². The lowest BCUT2D eigenvalue weighted by molar-refractivity contribution is -0.138. The van der Waals surface area contributed by atoms with Crippen LogP contribution >= 0.6 is 0 Å². The number of nitrogens with zero attached hydrogens (tertiary/aromatic N) is 4. The summed E-state index contributed by atoms with van der Waals surface area (Å²) in [6, 6.07) is 7.03. The van der Waals surface area contributed by atoms with Gasteiger partial charge in [0.15, 0.2) is 11.4 Å². The SMILES string of the molecule is Cn1c(=O)oc2cc(-n3cc(C(N)=NO)c(=O)n([C@@H]4CCc5c4cccc5C(F)(F)F)c3=O)ccc21. The van der Waals surface area contributed by atoms with Crippen LogP contribution in [0.1, 0.15) is 34.7 Å². The van der Waals surface area contributed by atoms with E-state index in [0.717, 1.165) is 21.4 Å². The summed E-state index contributed by atoms with van der Waals surface area (Å²) < 4.78 is 49.0. The van der Waals surface area contributed by atoms with Crippen LogP contribution < -0.4 is 22.7 Å². The normalized spacial score (nSPS) is 16.0. The van der Waals surface area contributed by atoms with E-state index in [1.54, 1.807) is 0 Å². The van der Waals surface area contributed by atoms with Gasteiger partial charge in [0.2, 0.25) is 0 Å². The summed E-state index contributed by atoms with van der Waals surface area (Å²) in [5.74, 6) is -1.21. The fourth-order valence-corrected chi connectivity index (χ4v) is 4.70. The molecule has 2 aromatic heterocycles. The van der Waals surface area contributed by atoms with Gasteiger partial charge in [0.25, 0.3) is 5.56 Å². The average Bonchev–Trinajstić information content (AvgIpc) is 3.38. The quantitative estimate of drug-likeness (QED) is 0.191. The zero-order valence-corrected chi connectivity index (χ0v) is 18.6. The maximum atomic E-state index is 13.6. The number of halogens is 3. The minimum Gasteiger partial charge on any atom is -0.409 e. The van der Waals surface area contributed by atoms with Crippen molar-refractivity contribution in [1.29, 1.82) is 0 Å². The Morgan fingerprint density at radius 1 is 1.19 bits per heavy atom. The molecule has 0 saturated heterocycles. The van der Waals surface area contributed by atoms with Gasteiger partial charge in [-0.2, -0.15) is 13.2 Å². The second-order valence-corrected chi connectivity index (χ2v) is 8.36. The number of amidine groups is 1. The summed E-state index contributed by atoms with van der Waals surface area (Å²) in [4.78, 5) is 38.8. The predicted octanol–water partition coefficient (Wildman–Crippen LogP) is 2.09. The summed E-state index contributed by atoms with van der Waals surface area (Å²) in [5, 5.41) is 12.1. The zero-order valence-electron chi connectivity index (χ0n) is 18.6. The summed E-state index contributed by atoms with van der Waals surface area (Å²) in [5.41, 5.74) is 3.76. The van der Waals surface area contributed by atoms with Crippen molar-refractivity contribution in [1.82, 2.24) is 13.7 Å². The van der Waals surface area contributed by atoms with Gasteiger partial charge in [0.05, 0.1) is 22.8 Å². The van der Waals surface area contributed by atoms with Crippen molar-refractivity contribution in [2.24, 2.45) is 17.9 Å². The summed E-state index contributed by atoms with van der Waals surface area (Å²) in [6.45, 7) is 0. The molecule has 2 aromatic carbocycles. The van der Waals surface area contributed by atoms with Crippen LogP contribution in [0.4, 0.5) is 13.2 Å². The number of hydrogen-bond donors (Lipinski definition) is 2. The molecule has 36 heavy (non-hydrogen) atoms. The number of rotatable bonds is 3. The van der Waals surface area contributed by atoms with Crippen molar-refractivity contribution in [2.45, 2.75) is 25.1 Å². The molecular weight excluding hydrogens is 483 g/mol. The molecule has 0 amide bonds. The summed E-state index contributed by atoms with van der Waals surface area (Å²) >= 11 is 0. The maximum absolute atomic E-state index is 13.6. The van der Waals surface area contributed by atoms with E-state index in [1.165, 1.54) is 41.9 Å². The number of oxazole rings is 1. The molecule has 0 fully saturated rings. The molecule has 0 aliphatic heterocycles. The van der Waals surface area contributed by atoms with Gasteiger partial charge in [-0.15, -0.1) is 0 Å². The minimum atomic E-state index is -4.60. The van der Waals surface area contributed by atoms with Crippen molar-refractivity contribution in [3.8, 4) is 5.69 Å². The summed E-state index contributed by atoms with van der Waals surface area (Å²) in [7, 11) is 1.50. The molecule has 4 aromatic rings. The van der Waals surface area contributed by atoms with Crippen LogP contribution in [-0.4, -0.2) is 24.7 Å². The maximum Gasteiger partial charge on any atom is 0.419 e. The molecule has 0 unspecified atom stereocenters. The Morgan fingerprint density at radius 2 is 1.94 bits per heavy atom. The molecule has 0 saturated carbocycles. The van der Waals surface area contributed by atoms with Crippen molar-refractivity contribution in [3.05, 3.63) is 96.2 Å². The van der Waals surface area contributed by atoms with Crippen molar-refractivity contribution >= 4 is 16.9 Å². The first-order chi connectivity index (χ1) is 17.0. The van der Waals surface area contributed by atoms with E-state index in [2.05, 4.69) is 5.16 Å². The van der Waals surface area contributed by atoms with Crippen molar-refractivity contribution in [3.63, 3.8) is 0 Å². The first-order valence-electron chi connectivity index (χ1n) is 10.7. The Hall–Kier alpha value is -4.55. The third-order valence-corrected chi connectivity index (χ3v) is 6.41. The van der Waals surface area contributed by atoms with E-state index >= 15 is 0 Å². The van der Waals surface area contributed by atoms with Crippen LogP contribution in [0.2, 0.25) is 0 Å². The minimum absolute atomic E-state index is 0.00348. The molecule has 2 heterocycles. The number of fused-ring (bicyclic) bond motifs is 2. The Balaban J connectivity index is 1.78. The molecule has 3 N–H and O–H groups in total. The largest absolute Gasteiger partial charge is 0.419 e. The standard InChI is InChI=1S/C23H18F3N5O5/c1-29-17-7-5-11(9-18(17)36-22(29)34)30-10-14(19(27)28-35)20(32)31(21(30)33)16-8-6-12-13(16)3-2-4-15(12)23(24,25)26/h2-5,7,9-10,16,35H,6,8H2,1H3,(H2,27,28)/t16-/m1/s1. The van der Waals surface area contributed by atoms with E-state index in [-0.39, 0.29) is 40.8 Å². The van der Waals surface area contributed by atoms with E-state index in [1.807, 2.05) is 0 Å². The van der Waals surface area contributed by atoms with Gasteiger partial charge in [-0.05, 0) is 42.2 Å². The monoisotopic (exact) mass is 501 g/mol. The summed E-state index contributed by atoms with van der Waals surface area (Å²) in [6.07, 6.45) is -3.48. The topological polar surface area (TPSA) is 138 Å². The molecule has 186 valence electrons. The highest BCUT2D eigenvalue weighted by Gasteiger charge is 2.38. The number of nitrogens with two attached hydrogens (primary N) is 1. The van der Waals surface area contributed by atoms with Gasteiger partial charge in [-0.1, -0.05) is 17.3 Å². The number of oxime groups is 1. The van der Waals surface area contributed by atoms with Crippen LogP contribution in [0.25, 0.3) is 16.8 Å². The fourth-order valence-electron chi connectivity index (χ4n) is 4.70. The second-order valence-electron chi connectivity index (χ2n) is 8.36. The lowest BCUT2D eigenvalue weighted by Crippen LogP contribution is -2.44. The molecule has 1 atom stereocenters. The molecule has 0 bridgehead atoms.